The number of carbonyl (C=O) groups is 2. The number of ether oxygens (including phenoxy) is 3. The second-order valence-corrected chi connectivity index (χ2v) is 5.55. The molecule has 0 bridgehead atoms. The van der Waals surface area contributed by atoms with Crippen molar-refractivity contribution in [3.63, 3.8) is 0 Å². The molecule has 0 aliphatic rings. The maximum absolute atomic E-state index is 12.4. The lowest BCUT2D eigenvalue weighted by atomic mass is 10.1. The number of hydrogen-bond donors (Lipinski definition) is 2. The fourth-order valence-corrected chi connectivity index (χ4v) is 2.47. The number of benzene rings is 2. The number of halogens is 1. The summed E-state index contributed by atoms with van der Waals surface area (Å²) in [7, 11) is 4.38. The minimum atomic E-state index is -0.493. The average Bonchev–Trinajstić information content (AvgIpc) is 2.65. The Bertz CT molecular complexity index is 788. The van der Waals surface area contributed by atoms with E-state index in [9.17, 15) is 9.59 Å². The highest BCUT2D eigenvalue weighted by Gasteiger charge is 2.19. The van der Waals surface area contributed by atoms with E-state index in [-0.39, 0.29) is 12.1 Å². The van der Waals surface area contributed by atoms with Crippen molar-refractivity contribution >= 4 is 29.1 Å². The van der Waals surface area contributed by atoms with Crippen molar-refractivity contribution in [2.24, 2.45) is 0 Å². The molecule has 0 spiro atoms. The minimum absolute atomic E-state index is 0.214. The minimum Gasteiger partial charge on any atom is -0.496 e. The SMILES string of the molecule is COc1ccc(Cl)cc1NC(=O)CNC(=O)c1c(OC)cccc1OC. The molecule has 138 valence electrons. The van der Waals surface area contributed by atoms with Crippen LogP contribution < -0.4 is 24.8 Å². The van der Waals surface area contributed by atoms with Crippen LogP contribution in [0.2, 0.25) is 5.02 Å². The average molecular weight is 379 g/mol. The van der Waals surface area contributed by atoms with Gasteiger partial charge in [-0.2, -0.15) is 0 Å². The summed E-state index contributed by atoms with van der Waals surface area (Å²) in [5.41, 5.74) is 0.625. The van der Waals surface area contributed by atoms with E-state index in [0.29, 0.717) is 28.0 Å². The summed E-state index contributed by atoms with van der Waals surface area (Å²) in [4.78, 5) is 24.6. The molecule has 0 unspecified atom stereocenters. The molecule has 0 aliphatic carbocycles. The number of carbonyl (C=O) groups excluding carboxylic acids is 2. The predicted molar refractivity (Wildman–Crippen MR) is 98.5 cm³/mol. The van der Waals surface area contributed by atoms with Crippen LogP contribution in [0, 0.1) is 0 Å². The number of anilines is 1. The number of hydrogen-bond acceptors (Lipinski definition) is 5. The molecule has 0 atom stereocenters. The first-order valence-corrected chi connectivity index (χ1v) is 8.00. The van der Waals surface area contributed by atoms with Crippen molar-refractivity contribution in [1.29, 1.82) is 0 Å². The van der Waals surface area contributed by atoms with Crippen LogP contribution in [0.25, 0.3) is 0 Å². The van der Waals surface area contributed by atoms with Crippen LogP contribution in [0.15, 0.2) is 36.4 Å². The fourth-order valence-electron chi connectivity index (χ4n) is 2.30. The summed E-state index contributed by atoms with van der Waals surface area (Å²) in [5, 5.41) is 5.62. The van der Waals surface area contributed by atoms with E-state index >= 15 is 0 Å². The molecule has 7 nitrogen and oxygen atoms in total. The van der Waals surface area contributed by atoms with Crippen LogP contribution in [0.3, 0.4) is 0 Å². The molecule has 2 rings (SSSR count). The zero-order chi connectivity index (χ0) is 19.1. The first-order chi connectivity index (χ1) is 12.5. The van der Waals surface area contributed by atoms with Gasteiger partial charge in [-0.3, -0.25) is 9.59 Å². The molecular formula is C18H19ClN2O5. The van der Waals surface area contributed by atoms with E-state index in [4.69, 9.17) is 25.8 Å². The Labute approximate surface area is 156 Å². The summed E-state index contributed by atoms with van der Waals surface area (Å²) >= 11 is 5.93. The quantitative estimate of drug-likeness (QED) is 0.773. The Hall–Kier alpha value is -2.93. The van der Waals surface area contributed by atoms with Gasteiger partial charge in [0.15, 0.2) is 0 Å². The molecule has 2 N–H and O–H groups in total. The molecule has 26 heavy (non-hydrogen) atoms. The van der Waals surface area contributed by atoms with E-state index in [0.717, 1.165) is 0 Å². The molecule has 2 aromatic rings. The summed E-state index contributed by atoms with van der Waals surface area (Å²) in [6.45, 7) is -0.254. The van der Waals surface area contributed by atoms with Crippen LogP contribution in [-0.2, 0) is 4.79 Å². The Balaban J connectivity index is 2.06. The van der Waals surface area contributed by atoms with Gasteiger partial charge in [-0.05, 0) is 30.3 Å². The van der Waals surface area contributed by atoms with Gasteiger partial charge in [0.25, 0.3) is 5.91 Å². The highest BCUT2D eigenvalue weighted by atomic mass is 35.5. The lowest BCUT2D eigenvalue weighted by Crippen LogP contribution is -2.33. The third-order valence-corrected chi connectivity index (χ3v) is 3.74. The zero-order valence-electron chi connectivity index (χ0n) is 14.6. The molecule has 0 saturated heterocycles. The van der Waals surface area contributed by atoms with Gasteiger partial charge in [-0.25, -0.2) is 0 Å². The molecular weight excluding hydrogens is 360 g/mol. The second-order valence-electron chi connectivity index (χ2n) is 5.11. The maximum atomic E-state index is 12.4. The number of methoxy groups -OCH3 is 3. The Kier molecular flexibility index (Phi) is 6.68. The van der Waals surface area contributed by atoms with Gasteiger partial charge >= 0.3 is 0 Å². The molecule has 8 heteroatoms. The van der Waals surface area contributed by atoms with Gasteiger partial charge in [0.1, 0.15) is 22.8 Å². The van der Waals surface area contributed by atoms with Crippen LogP contribution in [-0.4, -0.2) is 39.7 Å². The Morgan fingerprint density at radius 3 is 2.15 bits per heavy atom. The van der Waals surface area contributed by atoms with Crippen molar-refractivity contribution < 1.29 is 23.8 Å². The van der Waals surface area contributed by atoms with E-state index in [1.165, 1.54) is 21.3 Å². The van der Waals surface area contributed by atoms with Crippen molar-refractivity contribution in [2.45, 2.75) is 0 Å². The lowest BCUT2D eigenvalue weighted by molar-refractivity contribution is -0.115. The summed E-state index contributed by atoms with van der Waals surface area (Å²) < 4.78 is 15.5. The largest absolute Gasteiger partial charge is 0.496 e. The van der Waals surface area contributed by atoms with Crippen LogP contribution in [0.1, 0.15) is 10.4 Å². The molecule has 0 heterocycles. The summed E-state index contributed by atoms with van der Waals surface area (Å²) in [5.74, 6) is 0.221. The van der Waals surface area contributed by atoms with Crippen molar-refractivity contribution in [1.82, 2.24) is 5.32 Å². The van der Waals surface area contributed by atoms with Crippen LogP contribution >= 0.6 is 11.6 Å². The first-order valence-electron chi connectivity index (χ1n) is 7.62. The third-order valence-electron chi connectivity index (χ3n) is 3.50. The van der Waals surface area contributed by atoms with E-state index in [2.05, 4.69) is 10.6 Å². The number of amides is 2. The molecule has 0 radical (unpaired) electrons. The maximum Gasteiger partial charge on any atom is 0.259 e. The highest BCUT2D eigenvalue weighted by molar-refractivity contribution is 6.31. The molecule has 0 aromatic heterocycles. The van der Waals surface area contributed by atoms with E-state index < -0.39 is 11.8 Å². The van der Waals surface area contributed by atoms with Crippen molar-refractivity contribution in [3.05, 3.63) is 47.0 Å². The Morgan fingerprint density at radius 1 is 0.962 bits per heavy atom. The van der Waals surface area contributed by atoms with Gasteiger partial charge in [0.05, 0.1) is 33.6 Å². The molecule has 2 aromatic carbocycles. The normalized spacial score (nSPS) is 10.0. The smallest absolute Gasteiger partial charge is 0.259 e. The molecule has 0 saturated carbocycles. The number of nitrogens with one attached hydrogen (secondary N) is 2. The van der Waals surface area contributed by atoms with Crippen LogP contribution in [0.5, 0.6) is 17.2 Å². The Morgan fingerprint density at radius 2 is 1.58 bits per heavy atom. The second kappa shape index (κ2) is 8.96. The summed E-state index contributed by atoms with van der Waals surface area (Å²) in [6.07, 6.45) is 0. The van der Waals surface area contributed by atoms with E-state index in [1.807, 2.05) is 0 Å². The molecule has 0 fully saturated rings. The van der Waals surface area contributed by atoms with Crippen molar-refractivity contribution in [3.8, 4) is 17.2 Å². The van der Waals surface area contributed by atoms with Gasteiger partial charge < -0.3 is 24.8 Å². The zero-order valence-corrected chi connectivity index (χ0v) is 15.3. The number of rotatable bonds is 7. The fraction of sp³-hybridized carbons (Fsp3) is 0.222. The predicted octanol–water partition coefficient (Wildman–Crippen LogP) is 2.73. The van der Waals surface area contributed by atoms with E-state index in [1.54, 1.807) is 36.4 Å². The topological polar surface area (TPSA) is 85.9 Å². The highest BCUT2D eigenvalue weighted by Crippen LogP contribution is 2.28. The monoisotopic (exact) mass is 378 g/mol. The standard InChI is InChI=1S/C18H19ClN2O5/c1-24-13-8-7-11(19)9-12(13)21-16(22)10-20-18(23)17-14(25-2)5-4-6-15(17)26-3/h4-9H,10H2,1-3H3,(H,20,23)(H,21,22). The summed E-state index contributed by atoms with van der Waals surface area (Å²) in [6, 6.07) is 9.81. The molecule has 2 amide bonds. The molecule has 0 aliphatic heterocycles. The van der Waals surface area contributed by atoms with Gasteiger partial charge in [0, 0.05) is 5.02 Å². The van der Waals surface area contributed by atoms with Crippen molar-refractivity contribution in [2.75, 3.05) is 33.2 Å². The van der Waals surface area contributed by atoms with Gasteiger partial charge in [0.2, 0.25) is 5.91 Å². The lowest BCUT2D eigenvalue weighted by Gasteiger charge is -2.14. The van der Waals surface area contributed by atoms with Gasteiger partial charge in [-0.1, -0.05) is 17.7 Å². The third kappa shape index (κ3) is 4.58. The van der Waals surface area contributed by atoms with Gasteiger partial charge in [-0.15, -0.1) is 0 Å². The first kappa shape index (κ1) is 19.4. The van der Waals surface area contributed by atoms with Crippen LogP contribution in [0.4, 0.5) is 5.69 Å².